The number of carbonyl (C=O) groups excluding carboxylic acids is 2. The molecule has 35 heavy (non-hydrogen) atoms. The molecular weight excluding hydrogens is 486 g/mol. The van der Waals surface area contributed by atoms with Gasteiger partial charge in [0.1, 0.15) is 0 Å². The Morgan fingerprint density at radius 2 is 1.66 bits per heavy atom. The SMILES string of the molecule is C[C@H](NC(=O)c1ccccc1NC(=O)CCCN(c1cccc(Cl)c1)S(C)(=O)=O)c1ccccc1. The number of hydrogen-bond donors (Lipinski definition) is 2. The molecule has 2 N–H and O–H groups in total. The highest BCUT2D eigenvalue weighted by Gasteiger charge is 2.19. The number of sulfonamides is 1. The van der Waals surface area contributed by atoms with E-state index in [-0.39, 0.29) is 37.2 Å². The lowest BCUT2D eigenvalue weighted by Crippen LogP contribution is -2.31. The van der Waals surface area contributed by atoms with Gasteiger partial charge in [0.25, 0.3) is 5.91 Å². The van der Waals surface area contributed by atoms with Gasteiger partial charge in [-0.05, 0) is 49.2 Å². The van der Waals surface area contributed by atoms with Crippen molar-refractivity contribution in [2.45, 2.75) is 25.8 Å². The van der Waals surface area contributed by atoms with Crippen LogP contribution in [0.5, 0.6) is 0 Å². The topological polar surface area (TPSA) is 95.6 Å². The third kappa shape index (κ3) is 7.56. The second kappa shape index (κ2) is 11.9. The predicted molar refractivity (Wildman–Crippen MR) is 140 cm³/mol. The zero-order valence-corrected chi connectivity index (χ0v) is 21.1. The molecule has 184 valence electrons. The number of rotatable bonds is 10. The molecule has 3 aromatic rings. The molecule has 0 aliphatic carbocycles. The van der Waals surface area contributed by atoms with E-state index in [9.17, 15) is 18.0 Å². The van der Waals surface area contributed by atoms with Gasteiger partial charge in [0.05, 0.1) is 29.2 Å². The Labute approximate surface area is 211 Å². The van der Waals surface area contributed by atoms with Crippen LogP contribution in [0.1, 0.15) is 41.7 Å². The van der Waals surface area contributed by atoms with Crippen molar-refractivity contribution in [3.05, 3.63) is 95.0 Å². The monoisotopic (exact) mass is 513 g/mol. The largest absolute Gasteiger partial charge is 0.345 e. The highest BCUT2D eigenvalue weighted by atomic mass is 35.5. The molecule has 0 saturated heterocycles. The summed E-state index contributed by atoms with van der Waals surface area (Å²) in [5, 5.41) is 6.15. The zero-order valence-electron chi connectivity index (χ0n) is 19.6. The van der Waals surface area contributed by atoms with E-state index in [0.717, 1.165) is 11.8 Å². The van der Waals surface area contributed by atoms with Crippen LogP contribution in [0.15, 0.2) is 78.9 Å². The third-order valence-corrected chi connectivity index (χ3v) is 6.78. The molecule has 3 aromatic carbocycles. The summed E-state index contributed by atoms with van der Waals surface area (Å²) in [6.45, 7) is 2.01. The van der Waals surface area contributed by atoms with Gasteiger partial charge in [-0.2, -0.15) is 0 Å². The van der Waals surface area contributed by atoms with Crippen molar-refractivity contribution >= 4 is 44.8 Å². The number of halogens is 1. The van der Waals surface area contributed by atoms with Crippen LogP contribution in [0.25, 0.3) is 0 Å². The van der Waals surface area contributed by atoms with Crippen LogP contribution < -0.4 is 14.9 Å². The van der Waals surface area contributed by atoms with E-state index in [1.54, 1.807) is 48.5 Å². The lowest BCUT2D eigenvalue weighted by Gasteiger charge is -2.22. The molecule has 1 atom stereocenters. The molecule has 7 nitrogen and oxygen atoms in total. The minimum atomic E-state index is -3.55. The van der Waals surface area contributed by atoms with E-state index in [1.807, 2.05) is 37.3 Å². The number of amides is 2. The number of hydrogen-bond acceptors (Lipinski definition) is 4. The molecule has 0 bridgehead atoms. The van der Waals surface area contributed by atoms with Gasteiger partial charge in [-0.25, -0.2) is 8.42 Å². The lowest BCUT2D eigenvalue weighted by molar-refractivity contribution is -0.116. The Morgan fingerprint density at radius 1 is 0.971 bits per heavy atom. The normalized spacial score (nSPS) is 12.0. The highest BCUT2D eigenvalue weighted by molar-refractivity contribution is 7.92. The quantitative estimate of drug-likeness (QED) is 0.398. The molecule has 0 saturated carbocycles. The molecule has 0 aromatic heterocycles. The second-order valence-electron chi connectivity index (χ2n) is 8.12. The molecule has 0 unspecified atom stereocenters. The fraction of sp³-hybridized carbons (Fsp3) is 0.231. The summed E-state index contributed by atoms with van der Waals surface area (Å²) < 4.78 is 25.7. The van der Waals surface area contributed by atoms with E-state index >= 15 is 0 Å². The van der Waals surface area contributed by atoms with Crippen molar-refractivity contribution in [3.8, 4) is 0 Å². The average molecular weight is 514 g/mol. The molecule has 0 aliphatic heterocycles. The Kier molecular flexibility index (Phi) is 8.89. The van der Waals surface area contributed by atoms with Crippen molar-refractivity contribution in [1.29, 1.82) is 0 Å². The summed E-state index contributed by atoms with van der Waals surface area (Å²) in [4.78, 5) is 25.5. The number of benzene rings is 3. The molecule has 3 rings (SSSR count). The molecule has 0 radical (unpaired) electrons. The van der Waals surface area contributed by atoms with Crippen LogP contribution >= 0.6 is 11.6 Å². The lowest BCUT2D eigenvalue weighted by atomic mass is 10.1. The Morgan fingerprint density at radius 3 is 2.34 bits per heavy atom. The number of para-hydroxylation sites is 1. The van der Waals surface area contributed by atoms with Gasteiger partial charge in [-0.3, -0.25) is 13.9 Å². The first-order valence-electron chi connectivity index (χ1n) is 11.1. The van der Waals surface area contributed by atoms with Crippen molar-refractivity contribution < 1.29 is 18.0 Å². The van der Waals surface area contributed by atoms with E-state index in [0.29, 0.717) is 22.0 Å². The van der Waals surface area contributed by atoms with E-state index < -0.39 is 10.0 Å². The van der Waals surface area contributed by atoms with Crippen molar-refractivity contribution in [3.63, 3.8) is 0 Å². The van der Waals surface area contributed by atoms with Crippen LogP contribution in [-0.4, -0.2) is 33.0 Å². The van der Waals surface area contributed by atoms with Gasteiger partial charge in [-0.15, -0.1) is 0 Å². The first kappa shape index (κ1) is 26.2. The van der Waals surface area contributed by atoms with Gasteiger partial charge in [0.2, 0.25) is 15.9 Å². The maximum Gasteiger partial charge on any atom is 0.253 e. The van der Waals surface area contributed by atoms with Crippen LogP contribution in [-0.2, 0) is 14.8 Å². The van der Waals surface area contributed by atoms with Gasteiger partial charge < -0.3 is 10.6 Å². The first-order valence-corrected chi connectivity index (χ1v) is 13.4. The van der Waals surface area contributed by atoms with E-state index in [1.165, 1.54) is 4.31 Å². The maximum absolute atomic E-state index is 12.9. The minimum Gasteiger partial charge on any atom is -0.345 e. The Bertz CT molecular complexity index is 1280. The fourth-order valence-electron chi connectivity index (χ4n) is 3.60. The summed E-state index contributed by atoms with van der Waals surface area (Å²) >= 11 is 6.00. The van der Waals surface area contributed by atoms with Gasteiger partial charge in [0, 0.05) is 18.0 Å². The summed E-state index contributed by atoms with van der Waals surface area (Å²) in [6, 6.07) is 22.7. The molecule has 0 heterocycles. The summed E-state index contributed by atoms with van der Waals surface area (Å²) in [6.07, 6.45) is 1.47. The summed E-state index contributed by atoms with van der Waals surface area (Å²) in [5.74, 6) is -0.623. The van der Waals surface area contributed by atoms with Gasteiger partial charge in [0.15, 0.2) is 0 Å². The minimum absolute atomic E-state index is 0.0724. The van der Waals surface area contributed by atoms with E-state index in [2.05, 4.69) is 10.6 Å². The summed E-state index contributed by atoms with van der Waals surface area (Å²) in [5.41, 5.74) is 2.15. The molecule has 2 amide bonds. The number of nitrogens with one attached hydrogen (secondary N) is 2. The summed E-state index contributed by atoms with van der Waals surface area (Å²) in [7, 11) is -3.55. The second-order valence-corrected chi connectivity index (χ2v) is 10.5. The molecular formula is C26H28ClN3O4S. The predicted octanol–water partition coefficient (Wildman–Crippen LogP) is 5.02. The first-order chi connectivity index (χ1) is 16.6. The van der Waals surface area contributed by atoms with Crippen molar-refractivity contribution in [1.82, 2.24) is 5.32 Å². The zero-order chi connectivity index (χ0) is 25.4. The molecule has 0 aliphatic rings. The molecule has 0 spiro atoms. The van der Waals surface area contributed by atoms with Crippen molar-refractivity contribution in [2.24, 2.45) is 0 Å². The molecule has 9 heteroatoms. The number of anilines is 2. The standard InChI is InChI=1S/C26H28ClN3O4S/c1-19(20-10-4-3-5-11-20)28-26(32)23-14-6-7-15-24(23)29-25(31)16-9-17-30(35(2,33)34)22-13-8-12-21(27)18-22/h3-8,10-15,18-19H,9,16-17H2,1-2H3,(H,28,32)(H,29,31)/t19-/m0/s1. The number of carbonyl (C=O) groups is 2. The average Bonchev–Trinajstić information content (AvgIpc) is 2.82. The van der Waals surface area contributed by atoms with E-state index in [4.69, 9.17) is 11.6 Å². The fourth-order valence-corrected chi connectivity index (χ4v) is 4.74. The number of nitrogens with zero attached hydrogens (tertiary/aromatic N) is 1. The van der Waals surface area contributed by atoms with Crippen LogP contribution in [0.2, 0.25) is 5.02 Å². The molecule has 0 fully saturated rings. The smallest absolute Gasteiger partial charge is 0.253 e. The van der Waals surface area contributed by atoms with Crippen LogP contribution in [0.3, 0.4) is 0 Å². The Hall–Kier alpha value is -3.36. The van der Waals surface area contributed by atoms with Gasteiger partial charge >= 0.3 is 0 Å². The Balaban J connectivity index is 1.62. The third-order valence-electron chi connectivity index (χ3n) is 5.35. The maximum atomic E-state index is 12.9. The van der Waals surface area contributed by atoms with Gasteiger partial charge in [-0.1, -0.05) is 60.1 Å². The van der Waals surface area contributed by atoms with Crippen LogP contribution in [0.4, 0.5) is 11.4 Å². The highest BCUT2D eigenvalue weighted by Crippen LogP contribution is 2.23. The van der Waals surface area contributed by atoms with Crippen LogP contribution in [0, 0.1) is 0 Å². The van der Waals surface area contributed by atoms with Crippen molar-refractivity contribution in [2.75, 3.05) is 22.4 Å².